The zero-order chi connectivity index (χ0) is 26.9. The molecule has 3 N–H and O–H groups in total. The van der Waals surface area contributed by atoms with Gasteiger partial charge in [-0.3, -0.25) is 9.59 Å². The minimum absolute atomic E-state index is 0.00379. The van der Waals surface area contributed by atoms with Gasteiger partial charge in [-0.1, -0.05) is 39.7 Å². The number of carbonyl (C=O) groups excluding carboxylic acids is 2. The second-order valence-electron chi connectivity index (χ2n) is 7.74. The van der Waals surface area contributed by atoms with Crippen LogP contribution in [0.1, 0.15) is 21.5 Å². The molecule has 9 nitrogen and oxygen atoms in total. The number of hydrogen-bond donors (Lipinski definition) is 3. The third-order valence-electron chi connectivity index (χ3n) is 5.01. The highest BCUT2D eigenvalue weighted by Crippen LogP contribution is 2.34. The van der Waals surface area contributed by atoms with Crippen molar-refractivity contribution in [3.63, 3.8) is 0 Å². The Hall–Kier alpha value is -4.62. The standard InChI is InChI=1S/C27H22BrN3O6/c1-16-6-8-20(9-7-16)30-25(32)15-37-24-13-22(28)18(12-23(24)36-2)10-19(14-29)26(33)31-21-5-3-4-17(11-21)27(34)35/h3-13H,15H2,1-2H3,(H,30,32)(H,31,33)(H,34,35)/b19-10-. The maximum absolute atomic E-state index is 12.6. The van der Waals surface area contributed by atoms with Crippen molar-refractivity contribution in [1.82, 2.24) is 0 Å². The Kier molecular flexibility index (Phi) is 9.02. The molecule has 0 aliphatic heterocycles. The molecule has 0 unspecified atom stereocenters. The van der Waals surface area contributed by atoms with E-state index in [-0.39, 0.29) is 40.8 Å². The van der Waals surface area contributed by atoms with Crippen LogP contribution >= 0.6 is 15.9 Å². The molecule has 0 atom stereocenters. The van der Waals surface area contributed by atoms with E-state index in [1.54, 1.807) is 24.3 Å². The Balaban J connectivity index is 1.74. The fourth-order valence-corrected chi connectivity index (χ4v) is 3.58. The summed E-state index contributed by atoms with van der Waals surface area (Å²) in [4.78, 5) is 36.1. The summed E-state index contributed by atoms with van der Waals surface area (Å²) in [7, 11) is 1.42. The Labute approximate surface area is 221 Å². The number of methoxy groups -OCH3 is 1. The van der Waals surface area contributed by atoms with Crippen LogP contribution in [-0.2, 0) is 9.59 Å². The Bertz CT molecular complexity index is 1410. The Morgan fingerprint density at radius 1 is 1.03 bits per heavy atom. The van der Waals surface area contributed by atoms with Gasteiger partial charge < -0.3 is 25.2 Å². The van der Waals surface area contributed by atoms with Crippen molar-refractivity contribution in [3.8, 4) is 17.6 Å². The molecule has 10 heteroatoms. The maximum Gasteiger partial charge on any atom is 0.335 e. The number of carbonyl (C=O) groups is 3. The van der Waals surface area contributed by atoms with E-state index in [1.165, 1.54) is 37.5 Å². The highest BCUT2D eigenvalue weighted by molar-refractivity contribution is 9.10. The number of benzene rings is 3. The van der Waals surface area contributed by atoms with Gasteiger partial charge in [0, 0.05) is 15.8 Å². The average Bonchev–Trinajstić information content (AvgIpc) is 2.88. The van der Waals surface area contributed by atoms with Gasteiger partial charge in [-0.2, -0.15) is 5.26 Å². The minimum atomic E-state index is -1.14. The molecule has 37 heavy (non-hydrogen) atoms. The summed E-state index contributed by atoms with van der Waals surface area (Å²) in [5, 5.41) is 23.9. The highest BCUT2D eigenvalue weighted by Gasteiger charge is 2.15. The van der Waals surface area contributed by atoms with Crippen LogP contribution in [-0.4, -0.2) is 36.6 Å². The fourth-order valence-electron chi connectivity index (χ4n) is 3.14. The van der Waals surface area contributed by atoms with Crippen LogP contribution in [0.4, 0.5) is 11.4 Å². The van der Waals surface area contributed by atoms with E-state index in [1.807, 2.05) is 25.1 Å². The monoisotopic (exact) mass is 563 g/mol. The molecule has 0 saturated heterocycles. The molecule has 0 saturated carbocycles. The number of nitriles is 1. The molecule has 3 aromatic rings. The van der Waals surface area contributed by atoms with Crippen molar-refractivity contribution < 1.29 is 29.0 Å². The molecule has 0 aliphatic carbocycles. The first-order chi connectivity index (χ1) is 17.7. The number of ether oxygens (including phenoxy) is 2. The molecular formula is C27H22BrN3O6. The predicted molar refractivity (Wildman–Crippen MR) is 142 cm³/mol. The molecule has 0 bridgehead atoms. The largest absolute Gasteiger partial charge is 0.493 e. The number of carboxylic acids is 1. The number of amides is 2. The smallest absolute Gasteiger partial charge is 0.335 e. The number of rotatable bonds is 9. The van der Waals surface area contributed by atoms with Gasteiger partial charge in [-0.15, -0.1) is 0 Å². The summed E-state index contributed by atoms with van der Waals surface area (Å²) in [6.45, 7) is 1.68. The lowest BCUT2D eigenvalue weighted by molar-refractivity contribution is -0.118. The first-order valence-electron chi connectivity index (χ1n) is 10.8. The van der Waals surface area contributed by atoms with Crippen molar-refractivity contribution in [2.45, 2.75) is 6.92 Å². The first kappa shape index (κ1) is 27.0. The van der Waals surface area contributed by atoms with Crippen LogP contribution < -0.4 is 20.1 Å². The summed E-state index contributed by atoms with van der Waals surface area (Å²) in [5.74, 6) is -1.66. The van der Waals surface area contributed by atoms with Crippen LogP contribution in [0.15, 0.2) is 70.7 Å². The lowest BCUT2D eigenvalue weighted by atomic mass is 10.1. The first-order valence-corrected chi connectivity index (χ1v) is 11.6. The van der Waals surface area contributed by atoms with Gasteiger partial charge in [0.05, 0.1) is 12.7 Å². The molecule has 0 radical (unpaired) electrons. The molecule has 0 aliphatic rings. The van der Waals surface area contributed by atoms with Crippen LogP contribution in [0.25, 0.3) is 6.08 Å². The van der Waals surface area contributed by atoms with Crippen molar-refractivity contribution in [3.05, 3.63) is 87.4 Å². The summed E-state index contributed by atoms with van der Waals surface area (Å²) in [5.41, 5.74) is 2.16. The number of carboxylic acid groups (broad SMARTS) is 1. The van der Waals surface area contributed by atoms with Crippen molar-refractivity contribution >= 4 is 51.2 Å². The normalized spacial score (nSPS) is 10.7. The van der Waals surface area contributed by atoms with Gasteiger partial charge in [0.15, 0.2) is 18.1 Å². The van der Waals surface area contributed by atoms with Crippen LogP contribution in [0.2, 0.25) is 0 Å². The summed E-state index contributed by atoms with van der Waals surface area (Å²) < 4.78 is 11.5. The summed E-state index contributed by atoms with van der Waals surface area (Å²) in [6.07, 6.45) is 1.34. The number of nitrogens with one attached hydrogen (secondary N) is 2. The third kappa shape index (κ3) is 7.43. The lowest BCUT2D eigenvalue weighted by Crippen LogP contribution is -2.20. The van der Waals surface area contributed by atoms with Crippen LogP contribution in [0.3, 0.4) is 0 Å². The van der Waals surface area contributed by atoms with Gasteiger partial charge in [-0.25, -0.2) is 4.79 Å². The molecule has 3 aromatic carbocycles. The van der Waals surface area contributed by atoms with E-state index in [4.69, 9.17) is 14.6 Å². The SMILES string of the molecule is COc1cc(/C=C(/C#N)C(=O)Nc2cccc(C(=O)O)c2)c(Br)cc1OCC(=O)Nc1ccc(C)cc1. The molecule has 0 heterocycles. The van der Waals surface area contributed by atoms with Gasteiger partial charge in [0.25, 0.3) is 11.8 Å². The Morgan fingerprint density at radius 2 is 1.76 bits per heavy atom. The van der Waals surface area contributed by atoms with E-state index >= 15 is 0 Å². The summed E-state index contributed by atoms with van der Waals surface area (Å²) in [6, 6.07) is 18.0. The van der Waals surface area contributed by atoms with Crippen molar-refractivity contribution in [2.24, 2.45) is 0 Å². The van der Waals surface area contributed by atoms with E-state index in [0.717, 1.165) is 5.56 Å². The van der Waals surface area contributed by atoms with Gasteiger partial charge in [-0.05, 0) is 61.0 Å². The number of hydrogen-bond acceptors (Lipinski definition) is 6. The van der Waals surface area contributed by atoms with Crippen molar-refractivity contribution in [2.75, 3.05) is 24.4 Å². The van der Waals surface area contributed by atoms with E-state index in [2.05, 4.69) is 26.6 Å². The zero-order valence-corrected chi connectivity index (χ0v) is 21.5. The molecule has 188 valence electrons. The van der Waals surface area contributed by atoms with E-state index < -0.39 is 11.9 Å². The van der Waals surface area contributed by atoms with Gasteiger partial charge in [0.1, 0.15) is 11.6 Å². The van der Waals surface area contributed by atoms with E-state index in [0.29, 0.717) is 15.7 Å². The van der Waals surface area contributed by atoms with Crippen LogP contribution in [0.5, 0.6) is 11.5 Å². The lowest BCUT2D eigenvalue weighted by Gasteiger charge is -2.13. The molecule has 0 aromatic heterocycles. The number of aryl methyl sites for hydroxylation is 1. The number of anilines is 2. The van der Waals surface area contributed by atoms with Crippen molar-refractivity contribution in [1.29, 1.82) is 5.26 Å². The van der Waals surface area contributed by atoms with Gasteiger partial charge in [0.2, 0.25) is 0 Å². The minimum Gasteiger partial charge on any atom is -0.493 e. The zero-order valence-electron chi connectivity index (χ0n) is 19.9. The molecule has 0 spiro atoms. The Morgan fingerprint density at radius 3 is 2.41 bits per heavy atom. The van der Waals surface area contributed by atoms with Crippen LogP contribution in [0, 0.1) is 18.3 Å². The molecule has 0 fully saturated rings. The van der Waals surface area contributed by atoms with Gasteiger partial charge >= 0.3 is 5.97 Å². The fraction of sp³-hybridized carbons (Fsp3) is 0.111. The molecular weight excluding hydrogens is 542 g/mol. The predicted octanol–water partition coefficient (Wildman–Crippen LogP) is 5.03. The number of nitrogens with zero attached hydrogens (tertiary/aromatic N) is 1. The molecule has 3 rings (SSSR count). The molecule has 2 amide bonds. The quantitative estimate of drug-likeness (QED) is 0.245. The van der Waals surface area contributed by atoms with E-state index in [9.17, 15) is 19.6 Å². The second kappa shape index (κ2) is 12.4. The summed E-state index contributed by atoms with van der Waals surface area (Å²) >= 11 is 3.39. The highest BCUT2D eigenvalue weighted by atomic mass is 79.9. The number of aromatic carboxylic acids is 1. The topological polar surface area (TPSA) is 138 Å². The third-order valence-corrected chi connectivity index (χ3v) is 5.70. The average molecular weight is 564 g/mol. The number of halogens is 1. The maximum atomic E-state index is 12.6. The second-order valence-corrected chi connectivity index (χ2v) is 8.59.